The Bertz CT molecular complexity index is 1000. The molecule has 0 atom stereocenters. The van der Waals surface area contributed by atoms with Crippen molar-refractivity contribution in [2.45, 2.75) is 51.9 Å². The maximum atomic E-state index is 12.5. The van der Waals surface area contributed by atoms with E-state index in [1.807, 2.05) is 0 Å². The van der Waals surface area contributed by atoms with E-state index in [9.17, 15) is 27.6 Å². The quantitative estimate of drug-likeness (QED) is 0.350. The van der Waals surface area contributed by atoms with Gasteiger partial charge in [-0.1, -0.05) is 0 Å². The Morgan fingerprint density at radius 1 is 1.22 bits per heavy atom. The number of amides is 1. The number of alkyl halides is 3. The minimum absolute atomic E-state index is 0.0321. The van der Waals surface area contributed by atoms with Gasteiger partial charge in [-0.3, -0.25) is 4.79 Å². The second kappa shape index (κ2) is 10.2. The molecule has 2 heterocycles. The molecule has 32 heavy (non-hydrogen) atoms. The van der Waals surface area contributed by atoms with Crippen molar-refractivity contribution >= 4 is 40.5 Å². The summed E-state index contributed by atoms with van der Waals surface area (Å²) in [6.45, 7) is 4.91. The van der Waals surface area contributed by atoms with E-state index in [1.165, 1.54) is 16.8 Å². The number of carbonyl (C=O) groups is 3. The van der Waals surface area contributed by atoms with Crippen LogP contribution in [-0.2, 0) is 20.8 Å². The Morgan fingerprint density at radius 2 is 1.91 bits per heavy atom. The molecule has 0 aliphatic rings. The Hall–Kier alpha value is -2.89. The molecule has 2 aromatic heterocycles. The van der Waals surface area contributed by atoms with Gasteiger partial charge in [0.05, 0.1) is 6.61 Å². The summed E-state index contributed by atoms with van der Waals surface area (Å²) in [4.78, 5) is 43.2. The van der Waals surface area contributed by atoms with Crippen molar-refractivity contribution in [3.63, 3.8) is 0 Å². The highest BCUT2D eigenvalue weighted by Crippen LogP contribution is 2.21. The van der Waals surface area contributed by atoms with Gasteiger partial charge in [0.15, 0.2) is 0 Å². The molecule has 0 saturated carbocycles. The van der Waals surface area contributed by atoms with E-state index in [0.717, 1.165) is 0 Å². The number of nitrogens with one attached hydrogen (secondary N) is 1. The van der Waals surface area contributed by atoms with Gasteiger partial charge in [-0.05, 0) is 44.9 Å². The Balaban J connectivity index is 2.07. The van der Waals surface area contributed by atoms with E-state index in [2.05, 4.69) is 15.3 Å². The average Bonchev–Trinajstić information content (AvgIpc) is 3.00. The molecule has 0 spiro atoms. The van der Waals surface area contributed by atoms with E-state index in [1.54, 1.807) is 20.8 Å². The number of ether oxygens (including phenoxy) is 2. The number of hydrogen-bond acceptors (Lipinski definition) is 7. The van der Waals surface area contributed by atoms with E-state index < -0.39 is 36.0 Å². The molecular formula is C19H22ClF3N4O5. The summed E-state index contributed by atoms with van der Waals surface area (Å²) in [5, 5.41) is 2.94. The van der Waals surface area contributed by atoms with Crippen LogP contribution in [0.4, 0.5) is 18.0 Å². The van der Waals surface area contributed by atoms with Crippen molar-refractivity contribution in [1.29, 1.82) is 0 Å². The normalized spacial score (nSPS) is 12.0. The van der Waals surface area contributed by atoms with Gasteiger partial charge in [0.2, 0.25) is 11.1 Å². The number of nitrogens with zero attached hydrogens (tertiary/aromatic N) is 3. The summed E-state index contributed by atoms with van der Waals surface area (Å²) < 4.78 is 48.3. The smallest absolute Gasteiger partial charge is 0.449 e. The molecule has 1 amide bonds. The fourth-order valence-corrected chi connectivity index (χ4v) is 2.74. The van der Waals surface area contributed by atoms with E-state index in [0.29, 0.717) is 11.0 Å². The molecule has 9 nitrogen and oxygen atoms in total. The van der Waals surface area contributed by atoms with E-state index in [4.69, 9.17) is 21.1 Å². The van der Waals surface area contributed by atoms with Crippen molar-refractivity contribution in [1.82, 2.24) is 19.9 Å². The van der Waals surface area contributed by atoms with Crippen LogP contribution >= 0.6 is 11.6 Å². The molecular weight excluding hydrogens is 457 g/mol. The van der Waals surface area contributed by atoms with Gasteiger partial charge in [0, 0.05) is 31.1 Å². The van der Waals surface area contributed by atoms with Gasteiger partial charge < -0.3 is 19.4 Å². The number of fused-ring (bicyclic) bond motifs is 1. The van der Waals surface area contributed by atoms with Gasteiger partial charge in [-0.2, -0.15) is 18.2 Å². The van der Waals surface area contributed by atoms with Gasteiger partial charge >= 0.3 is 18.2 Å². The van der Waals surface area contributed by atoms with Crippen LogP contribution in [0.5, 0.6) is 0 Å². The van der Waals surface area contributed by atoms with Crippen LogP contribution in [0.15, 0.2) is 12.3 Å². The minimum Gasteiger partial charge on any atom is -0.461 e. The van der Waals surface area contributed by atoms with Gasteiger partial charge in [0.25, 0.3) is 0 Å². The summed E-state index contributed by atoms with van der Waals surface area (Å²) in [6.07, 6.45) is -5.26. The number of ketones is 1. The first-order valence-electron chi connectivity index (χ1n) is 9.53. The molecule has 13 heteroatoms. The molecule has 0 aliphatic carbocycles. The lowest BCUT2D eigenvalue weighted by molar-refractivity contribution is -0.171. The van der Waals surface area contributed by atoms with Gasteiger partial charge in [0.1, 0.15) is 16.9 Å². The Kier molecular flexibility index (Phi) is 8.05. The van der Waals surface area contributed by atoms with Crippen molar-refractivity contribution in [3.8, 4) is 0 Å². The topological polar surface area (TPSA) is 112 Å². The lowest BCUT2D eigenvalue weighted by atomic mass is 10.2. The second-order valence-electron chi connectivity index (χ2n) is 7.69. The molecule has 2 aromatic rings. The van der Waals surface area contributed by atoms with Crippen molar-refractivity contribution in [2.24, 2.45) is 0 Å². The number of alkyl carbamates (subject to hydrolysis) is 1. The molecule has 0 fully saturated rings. The second-order valence-corrected chi connectivity index (χ2v) is 8.03. The Labute approximate surface area is 186 Å². The molecule has 0 aromatic carbocycles. The molecule has 1 N–H and O–H groups in total. The molecule has 0 unspecified atom stereocenters. The average molecular weight is 479 g/mol. The molecule has 0 aliphatic heterocycles. The SMILES string of the molecule is CC(C)(C)OC(=O)NCCn1c(C(=O)OCCCC(=O)C(F)(F)F)cc2cnc(Cl)nc21. The number of carbonyl (C=O) groups excluding carboxylic acids is 3. The predicted octanol–water partition coefficient (Wildman–Crippen LogP) is 3.68. The number of rotatable bonds is 8. The fraction of sp³-hybridized carbons (Fsp3) is 0.526. The number of hydrogen-bond donors (Lipinski definition) is 1. The standard InChI is InChI=1S/C19H22ClF3N4O5/c1-18(2,3)32-17(30)24-6-7-27-12(9-11-10-25-16(20)26-14(11)27)15(29)31-8-4-5-13(28)19(21,22)23/h9-10H,4-8H2,1-3H3,(H,24,30). The first-order valence-corrected chi connectivity index (χ1v) is 9.91. The Morgan fingerprint density at radius 3 is 2.53 bits per heavy atom. The number of aromatic nitrogens is 3. The first-order chi connectivity index (χ1) is 14.8. The van der Waals surface area contributed by atoms with Crippen LogP contribution in [0.3, 0.4) is 0 Å². The molecule has 2 rings (SSSR count). The molecule has 0 bridgehead atoms. The summed E-state index contributed by atoms with van der Waals surface area (Å²) in [6, 6.07) is 1.43. The van der Waals surface area contributed by atoms with Gasteiger partial charge in [-0.25, -0.2) is 14.6 Å². The molecule has 0 saturated heterocycles. The highest BCUT2D eigenvalue weighted by molar-refractivity contribution is 6.28. The third kappa shape index (κ3) is 7.36. The summed E-state index contributed by atoms with van der Waals surface area (Å²) in [5.74, 6) is -2.73. The number of esters is 1. The monoisotopic (exact) mass is 478 g/mol. The summed E-state index contributed by atoms with van der Waals surface area (Å²) in [7, 11) is 0. The third-order valence-corrected chi connectivity index (χ3v) is 4.10. The van der Waals surface area contributed by atoms with E-state index >= 15 is 0 Å². The zero-order chi connectivity index (χ0) is 24.1. The highest BCUT2D eigenvalue weighted by Gasteiger charge is 2.37. The maximum Gasteiger partial charge on any atom is 0.449 e. The van der Waals surface area contributed by atoms with Crippen LogP contribution in [0.1, 0.15) is 44.1 Å². The zero-order valence-corrected chi connectivity index (χ0v) is 18.3. The number of halogens is 4. The summed E-state index contributed by atoms with van der Waals surface area (Å²) >= 11 is 5.84. The van der Waals surface area contributed by atoms with E-state index in [-0.39, 0.29) is 37.1 Å². The largest absolute Gasteiger partial charge is 0.461 e. The maximum absolute atomic E-state index is 12.5. The van der Waals surface area contributed by atoms with Crippen LogP contribution in [-0.4, -0.2) is 57.3 Å². The predicted molar refractivity (Wildman–Crippen MR) is 107 cm³/mol. The minimum atomic E-state index is -4.92. The summed E-state index contributed by atoms with van der Waals surface area (Å²) in [5.41, 5.74) is -0.354. The number of Topliss-reactive ketones (excluding diaryl/α,β-unsaturated/α-hetero) is 1. The van der Waals surface area contributed by atoms with Gasteiger partial charge in [-0.15, -0.1) is 0 Å². The van der Waals surface area contributed by atoms with Crippen LogP contribution in [0.25, 0.3) is 11.0 Å². The van der Waals surface area contributed by atoms with Crippen LogP contribution < -0.4 is 5.32 Å². The van der Waals surface area contributed by atoms with Crippen LogP contribution in [0, 0.1) is 0 Å². The van der Waals surface area contributed by atoms with Crippen molar-refractivity contribution < 1.29 is 37.0 Å². The molecule has 0 radical (unpaired) electrons. The zero-order valence-electron chi connectivity index (χ0n) is 17.6. The van der Waals surface area contributed by atoms with Crippen molar-refractivity contribution in [2.75, 3.05) is 13.2 Å². The third-order valence-electron chi connectivity index (χ3n) is 3.92. The first kappa shape index (κ1) is 25.4. The van der Waals surface area contributed by atoms with Crippen LogP contribution in [0.2, 0.25) is 5.28 Å². The lowest BCUT2D eigenvalue weighted by Crippen LogP contribution is -2.34. The lowest BCUT2D eigenvalue weighted by Gasteiger charge is -2.20. The highest BCUT2D eigenvalue weighted by atomic mass is 35.5. The van der Waals surface area contributed by atoms with Crippen molar-refractivity contribution in [3.05, 3.63) is 23.2 Å². The molecule has 176 valence electrons. The fourth-order valence-electron chi connectivity index (χ4n) is 2.61.